The molecule has 0 saturated carbocycles. The quantitative estimate of drug-likeness (QED) is 0.122. The Morgan fingerprint density at radius 2 is 0.942 bits per heavy atom. The minimum atomic E-state index is -1.12. The van der Waals surface area contributed by atoms with Crippen molar-refractivity contribution in [1.82, 2.24) is 19.6 Å². The van der Waals surface area contributed by atoms with Crippen LogP contribution in [-0.4, -0.2) is 41.7 Å². The molecule has 0 aliphatic carbocycles. The molecule has 0 aliphatic rings. The van der Waals surface area contributed by atoms with Crippen LogP contribution in [0.1, 0.15) is 32.1 Å². The van der Waals surface area contributed by atoms with Gasteiger partial charge < -0.3 is 30.0 Å². The Balaban J connectivity index is 0.000000270. The van der Waals surface area contributed by atoms with Crippen LogP contribution in [0.25, 0.3) is 11.4 Å². The number of hydrogen-bond acceptors (Lipinski definition) is 10. The molecule has 0 unspecified atom stereocenters. The Labute approximate surface area is 337 Å². The summed E-state index contributed by atoms with van der Waals surface area (Å²) in [5.74, 6) is -2.25. The largest absolute Gasteiger partial charge is 1.00 e. The van der Waals surface area contributed by atoms with Crippen molar-refractivity contribution in [3.63, 3.8) is 0 Å². The number of aromatic carboxylic acids is 2. The van der Waals surface area contributed by atoms with E-state index in [1.165, 1.54) is 24.3 Å². The normalized spacial score (nSPS) is 10.7. The van der Waals surface area contributed by atoms with Crippen LogP contribution < -0.4 is 40.7 Å². The summed E-state index contributed by atoms with van der Waals surface area (Å²) in [5, 5.41) is 43.0. The number of nitrogens with zero attached hydrogens (tertiary/aromatic N) is 8. The summed E-state index contributed by atoms with van der Waals surface area (Å²) < 4.78 is 2.30. The number of carbonyl (C=O) groups is 2. The summed E-state index contributed by atoms with van der Waals surface area (Å²) in [6, 6.07) is 25.9. The predicted octanol–water partition coefficient (Wildman–Crippen LogP) is 5.06. The summed E-state index contributed by atoms with van der Waals surface area (Å²) in [4.78, 5) is 47.5. The number of halogens is 2. The van der Waals surface area contributed by atoms with Crippen molar-refractivity contribution >= 4 is 57.9 Å². The molecule has 2 heterocycles. The Morgan fingerprint density at radius 3 is 1.29 bits per heavy atom. The number of carboxylic acids is 2. The predicted molar refractivity (Wildman–Crippen MR) is 186 cm³/mol. The van der Waals surface area contributed by atoms with E-state index < -0.39 is 23.1 Å². The molecule has 2 aromatic heterocycles. The van der Waals surface area contributed by atoms with Crippen molar-refractivity contribution < 1.29 is 66.7 Å². The average Bonchev–Trinajstić information content (AvgIpc) is 3.55. The maximum Gasteiger partial charge on any atom is 1.00 e. The molecule has 6 aromatic rings. The van der Waals surface area contributed by atoms with E-state index in [1.54, 1.807) is 86.6 Å². The van der Waals surface area contributed by atoms with Gasteiger partial charge in [-0.1, -0.05) is 97.0 Å². The molecule has 0 saturated heterocycles. The van der Waals surface area contributed by atoms with Crippen LogP contribution in [-0.2, 0) is 17.4 Å². The standard InChI is InChI=1S/2C17H12ClN4O3.Cr.Na/c2*1-10-15(20-19-13-8-4-2-6-11(13)17(24)25)16(23)22(21-10)14-9-5-3-7-12(14)18;;/h2*2-9H,1H3,(H,24,25);;/q2*-1;;+1. The first kappa shape index (κ1) is 41.6. The number of carboxylic acid groups (broad SMARTS) is 2. The van der Waals surface area contributed by atoms with Gasteiger partial charge in [-0.2, -0.15) is 10.2 Å². The maximum absolute atomic E-state index is 12.6. The van der Waals surface area contributed by atoms with Gasteiger partial charge in [0.1, 0.15) is 11.1 Å². The minimum Gasteiger partial charge on any atom is -0.478 e. The van der Waals surface area contributed by atoms with Crippen LogP contribution in [0.4, 0.5) is 22.7 Å². The number of para-hydroxylation sites is 2. The summed E-state index contributed by atoms with van der Waals surface area (Å²) in [6.45, 7) is 3.23. The number of aromatic nitrogens is 4. The van der Waals surface area contributed by atoms with Gasteiger partial charge in [0.15, 0.2) is 0 Å². The van der Waals surface area contributed by atoms with Crippen LogP contribution in [0, 0.1) is 13.8 Å². The third kappa shape index (κ3) is 9.33. The molecule has 4 aromatic carbocycles. The van der Waals surface area contributed by atoms with E-state index >= 15 is 0 Å². The zero-order valence-corrected chi connectivity index (χ0v) is 32.3. The molecule has 0 atom stereocenters. The molecule has 0 amide bonds. The second kappa shape index (κ2) is 18.6. The topological polar surface area (TPSA) is 194 Å². The van der Waals surface area contributed by atoms with Gasteiger partial charge in [0.05, 0.1) is 43.9 Å². The maximum atomic E-state index is 12.6. The fourth-order valence-corrected chi connectivity index (χ4v) is 4.92. The van der Waals surface area contributed by atoms with Crippen LogP contribution in [0.15, 0.2) is 127 Å². The molecule has 0 spiro atoms. The Morgan fingerprint density at radius 1 is 0.615 bits per heavy atom. The molecule has 0 bridgehead atoms. The first-order valence-corrected chi connectivity index (χ1v) is 15.2. The molecular formula is C34H24Cl2CrN8NaO6-. The van der Waals surface area contributed by atoms with E-state index in [9.17, 15) is 19.2 Å². The molecule has 0 radical (unpaired) electrons. The zero-order valence-electron chi connectivity index (χ0n) is 27.5. The monoisotopic (exact) mass is 785 g/mol. The van der Waals surface area contributed by atoms with E-state index in [-0.39, 0.29) is 80.8 Å². The fourth-order valence-electron chi connectivity index (χ4n) is 4.49. The fraction of sp³-hybridized carbons (Fsp3) is 0.0588. The average molecular weight is 787 g/mol. The molecule has 14 nitrogen and oxygen atoms in total. The van der Waals surface area contributed by atoms with E-state index in [4.69, 9.17) is 33.4 Å². The van der Waals surface area contributed by atoms with Crippen LogP contribution in [0.3, 0.4) is 0 Å². The van der Waals surface area contributed by atoms with Gasteiger partial charge in [0, 0.05) is 17.4 Å². The van der Waals surface area contributed by atoms with Crippen LogP contribution >= 0.6 is 23.2 Å². The second-order valence-electron chi connectivity index (χ2n) is 10.2. The minimum absolute atomic E-state index is 0. The summed E-state index contributed by atoms with van der Waals surface area (Å²) in [5.41, 5.74) is 0.977. The second-order valence-corrected chi connectivity index (χ2v) is 11.1. The third-order valence-electron chi connectivity index (χ3n) is 6.92. The molecule has 18 heteroatoms. The van der Waals surface area contributed by atoms with E-state index in [2.05, 4.69) is 30.7 Å². The first-order chi connectivity index (χ1) is 24.0. The van der Waals surface area contributed by atoms with E-state index in [0.29, 0.717) is 32.8 Å². The Bertz CT molecular complexity index is 2250. The first-order valence-electron chi connectivity index (χ1n) is 14.5. The van der Waals surface area contributed by atoms with Crippen molar-refractivity contribution in [3.8, 4) is 11.4 Å². The van der Waals surface area contributed by atoms with E-state index in [1.807, 2.05) is 0 Å². The molecule has 0 fully saturated rings. The summed E-state index contributed by atoms with van der Waals surface area (Å²) in [6.07, 6.45) is 0. The summed E-state index contributed by atoms with van der Waals surface area (Å²) in [7, 11) is 0. The van der Waals surface area contributed by atoms with Crippen molar-refractivity contribution in [1.29, 1.82) is 0 Å². The molecule has 0 aliphatic heterocycles. The van der Waals surface area contributed by atoms with Gasteiger partial charge in [-0.15, -0.1) is 11.4 Å². The van der Waals surface area contributed by atoms with Crippen LogP contribution in [0.2, 0.25) is 10.0 Å². The van der Waals surface area contributed by atoms with Crippen molar-refractivity contribution in [2.45, 2.75) is 13.8 Å². The molecule has 258 valence electrons. The van der Waals surface area contributed by atoms with Gasteiger partial charge >= 0.3 is 41.5 Å². The van der Waals surface area contributed by atoms with Gasteiger partial charge in [-0.05, 0) is 48.5 Å². The number of hydrogen-bond donors (Lipinski definition) is 2. The van der Waals surface area contributed by atoms with Gasteiger partial charge in [0.2, 0.25) is 0 Å². The molecule has 6 rings (SSSR count). The van der Waals surface area contributed by atoms with Crippen molar-refractivity contribution in [3.05, 3.63) is 150 Å². The van der Waals surface area contributed by atoms with E-state index in [0.717, 1.165) is 9.36 Å². The number of benzene rings is 4. The Kier molecular flexibility index (Phi) is 14.9. The molecule has 2 N–H and O–H groups in total. The number of rotatable bonds is 8. The smallest absolute Gasteiger partial charge is 0.478 e. The number of azo groups is 2. The van der Waals surface area contributed by atoms with Gasteiger partial charge in [-0.25, -0.2) is 29.2 Å². The SMILES string of the molecule is Cc1nn(-c2ccccc2Cl)c(=O)[c-]1N=Nc1ccccc1C(=O)O.Cc1nn(-c2ccccc2Cl)c(=O)[c-]1N=Nc1ccccc1C(=O)O.[Cr].[Na+]. The number of aryl methyl sites for hydroxylation is 2. The third-order valence-corrected chi connectivity index (χ3v) is 7.56. The Hall–Kier alpha value is -4.85. The molecule has 52 heavy (non-hydrogen) atoms. The summed E-state index contributed by atoms with van der Waals surface area (Å²) >= 11 is 12.2. The van der Waals surface area contributed by atoms with Gasteiger partial charge in [-0.3, -0.25) is 0 Å². The van der Waals surface area contributed by atoms with Gasteiger partial charge in [0.25, 0.3) is 0 Å². The zero-order chi connectivity index (χ0) is 35.9. The van der Waals surface area contributed by atoms with Crippen LogP contribution in [0.5, 0.6) is 0 Å². The van der Waals surface area contributed by atoms with Crippen molar-refractivity contribution in [2.75, 3.05) is 0 Å². The van der Waals surface area contributed by atoms with Crippen molar-refractivity contribution in [2.24, 2.45) is 20.5 Å². The molecular weight excluding hydrogens is 762 g/mol.